The van der Waals surface area contributed by atoms with Gasteiger partial charge in [-0.15, -0.1) is 0 Å². The minimum atomic E-state index is -0.391. The average molecular weight is 374 g/mol. The van der Waals surface area contributed by atoms with Crippen LogP contribution in [0.2, 0.25) is 0 Å². The second kappa shape index (κ2) is 9.65. The Labute approximate surface area is 163 Å². The maximum Gasteiger partial charge on any atom is 0.230 e. The normalized spacial score (nSPS) is 21.3. The quantitative estimate of drug-likeness (QED) is 0.761. The van der Waals surface area contributed by atoms with Crippen molar-refractivity contribution in [3.8, 4) is 0 Å². The van der Waals surface area contributed by atoms with Crippen LogP contribution in [0.25, 0.3) is 0 Å². The van der Waals surface area contributed by atoms with Crippen LogP contribution in [0.5, 0.6) is 0 Å². The molecule has 5 nitrogen and oxygen atoms in total. The number of nitrogens with one attached hydrogen (secondary N) is 1. The fraction of sp³-hybridized carbons (Fsp3) is 0.727. The van der Waals surface area contributed by atoms with E-state index in [1.807, 2.05) is 12.3 Å². The zero-order chi connectivity index (χ0) is 19.1. The maximum atomic E-state index is 13.4. The molecule has 2 aliphatic rings. The average Bonchev–Trinajstić information content (AvgIpc) is 3.23. The molecule has 0 radical (unpaired) electrons. The molecule has 2 fully saturated rings. The second-order valence-electron chi connectivity index (χ2n) is 8.03. The molecular weight excluding hydrogens is 338 g/mol. The first-order valence-electron chi connectivity index (χ1n) is 10.7. The smallest absolute Gasteiger partial charge is 0.230 e. The van der Waals surface area contributed by atoms with Gasteiger partial charge in [0, 0.05) is 38.1 Å². The highest BCUT2D eigenvalue weighted by Crippen LogP contribution is 2.41. The van der Waals surface area contributed by atoms with E-state index in [0.29, 0.717) is 12.0 Å². The number of hydrogen-bond donors (Lipinski definition) is 1. The van der Waals surface area contributed by atoms with Crippen LogP contribution in [0.1, 0.15) is 57.9 Å². The van der Waals surface area contributed by atoms with Crippen LogP contribution in [0, 0.1) is 5.92 Å². The number of carbonyl (C=O) groups is 1. The molecule has 1 atom stereocenters. The fourth-order valence-corrected chi connectivity index (χ4v) is 4.97. The number of morpholine rings is 1. The Kier molecular flexibility index (Phi) is 7.25. The summed E-state index contributed by atoms with van der Waals surface area (Å²) in [5.74, 6) is 0.790. The predicted molar refractivity (Wildman–Crippen MR) is 108 cm³/mol. The van der Waals surface area contributed by atoms with Gasteiger partial charge >= 0.3 is 0 Å². The van der Waals surface area contributed by atoms with E-state index < -0.39 is 5.41 Å². The van der Waals surface area contributed by atoms with E-state index in [1.54, 1.807) is 6.20 Å². The molecule has 1 N–H and O–H groups in total. The first kappa shape index (κ1) is 20.3. The number of amides is 1. The highest BCUT2D eigenvalue weighted by Gasteiger charge is 2.43. The summed E-state index contributed by atoms with van der Waals surface area (Å²) in [5.41, 5.74) is 0.683. The number of hydrogen-bond acceptors (Lipinski definition) is 4. The third-order valence-corrected chi connectivity index (χ3v) is 6.69. The third-order valence-electron chi connectivity index (χ3n) is 6.69. The molecule has 1 aliphatic heterocycles. The van der Waals surface area contributed by atoms with Crippen molar-refractivity contribution in [2.75, 3.05) is 32.8 Å². The molecule has 0 aromatic carbocycles. The van der Waals surface area contributed by atoms with Crippen LogP contribution in [0.4, 0.5) is 0 Å². The molecule has 3 rings (SSSR count). The summed E-state index contributed by atoms with van der Waals surface area (Å²) < 4.78 is 5.54. The lowest BCUT2D eigenvalue weighted by Crippen LogP contribution is -2.54. The number of pyridine rings is 1. The van der Waals surface area contributed by atoms with E-state index in [1.165, 1.54) is 0 Å². The van der Waals surface area contributed by atoms with E-state index >= 15 is 0 Å². The molecule has 1 saturated heterocycles. The Bertz CT molecular complexity index is 576. The van der Waals surface area contributed by atoms with Crippen LogP contribution in [0.3, 0.4) is 0 Å². The topological polar surface area (TPSA) is 54.5 Å². The monoisotopic (exact) mass is 373 g/mol. The van der Waals surface area contributed by atoms with Crippen molar-refractivity contribution in [1.82, 2.24) is 15.2 Å². The minimum Gasteiger partial charge on any atom is -0.379 e. The zero-order valence-corrected chi connectivity index (χ0v) is 17.0. The first-order chi connectivity index (χ1) is 13.2. The standard InChI is InChI=1S/C22H35N3O2/c1-3-18(4-2)20(25-12-14-27-15-13-25)17-24-21(26)22(9-5-6-10-22)19-8-7-11-23-16-19/h7-8,11,16,18,20H,3-6,9-10,12-15,17H2,1-2H3,(H,24,26). The maximum absolute atomic E-state index is 13.4. The molecule has 1 saturated carbocycles. The molecule has 0 spiro atoms. The van der Waals surface area contributed by atoms with Crippen molar-refractivity contribution in [2.24, 2.45) is 5.92 Å². The second-order valence-corrected chi connectivity index (χ2v) is 8.03. The van der Waals surface area contributed by atoms with E-state index in [9.17, 15) is 4.79 Å². The minimum absolute atomic E-state index is 0.192. The molecule has 1 amide bonds. The Morgan fingerprint density at radius 1 is 1.26 bits per heavy atom. The van der Waals surface area contributed by atoms with Crippen LogP contribution >= 0.6 is 0 Å². The largest absolute Gasteiger partial charge is 0.379 e. The van der Waals surface area contributed by atoms with Crippen LogP contribution in [-0.2, 0) is 14.9 Å². The Balaban J connectivity index is 1.72. The summed E-state index contributed by atoms with van der Waals surface area (Å²) in [7, 11) is 0. The predicted octanol–water partition coefficient (Wildman–Crippen LogP) is 3.15. The molecule has 0 bridgehead atoms. The molecule has 1 aromatic rings. The van der Waals surface area contributed by atoms with Crippen molar-refractivity contribution in [3.05, 3.63) is 30.1 Å². The lowest BCUT2D eigenvalue weighted by Gasteiger charge is -2.39. The van der Waals surface area contributed by atoms with Gasteiger partial charge in [0.1, 0.15) is 0 Å². The van der Waals surface area contributed by atoms with Gasteiger partial charge in [0.15, 0.2) is 0 Å². The van der Waals surface area contributed by atoms with Gasteiger partial charge in [-0.2, -0.15) is 0 Å². The van der Waals surface area contributed by atoms with E-state index in [-0.39, 0.29) is 5.91 Å². The summed E-state index contributed by atoms with van der Waals surface area (Å²) >= 11 is 0. The van der Waals surface area contributed by atoms with Crippen molar-refractivity contribution < 1.29 is 9.53 Å². The molecule has 2 heterocycles. The molecule has 1 unspecified atom stereocenters. The molecule has 1 aromatic heterocycles. The van der Waals surface area contributed by atoms with Crippen LogP contribution in [0.15, 0.2) is 24.5 Å². The van der Waals surface area contributed by atoms with E-state index in [2.05, 4.69) is 35.1 Å². The fourth-order valence-electron chi connectivity index (χ4n) is 4.97. The molecule has 5 heteroatoms. The van der Waals surface area contributed by atoms with Gasteiger partial charge in [0.2, 0.25) is 5.91 Å². The molecule has 27 heavy (non-hydrogen) atoms. The molecular formula is C22H35N3O2. The number of carbonyl (C=O) groups excluding carboxylic acids is 1. The van der Waals surface area contributed by atoms with Gasteiger partial charge in [-0.25, -0.2) is 0 Å². The SMILES string of the molecule is CCC(CC)C(CNC(=O)C1(c2cccnc2)CCCC1)N1CCOCC1. The Morgan fingerprint density at radius 2 is 1.96 bits per heavy atom. The molecule has 150 valence electrons. The number of aromatic nitrogens is 1. The van der Waals surface area contributed by atoms with Crippen molar-refractivity contribution in [1.29, 1.82) is 0 Å². The first-order valence-corrected chi connectivity index (χ1v) is 10.7. The zero-order valence-electron chi connectivity index (χ0n) is 17.0. The van der Waals surface area contributed by atoms with Gasteiger partial charge in [-0.3, -0.25) is 14.7 Å². The van der Waals surface area contributed by atoms with Gasteiger partial charge in [-0.05, 0) is 30.4 Å². The number of ether oxygens (including phenoxy) is 1. The van der Waals surface area contributed by atoms with Crippen molar-refractivity contribution in [2.45, 2.75) is 63.8 Å². The van der Waals surface area contributed by atoms with Gasteiger partial charge in [-0.1, -0.05) is 45.6 Å². The number of rotatable bonds is 8. The Morgan fingerprint density at radius 3 is 2.56 bits per heavy atom. The summed E-state index contributed by atoms with van der Waals surface area (Å²) in [4.78, 5) is 20.2. The van der Waals surface area contributed by atoms with Gasteiger partial charge < -0.3 is 10.1 Å². The number of nitrogens with zero attached hydrogens (tertiary/aromatic N) is 2. The lowest BCUT2D eigenvalue weighted by atomic mass is 9.78. The summed E-state index contributed by atoms with van der Waals surface area (Å²) in [6.07, 6.45) is 10.0. The van der Waals surface area contributed by atoms with E-state index in [0.717, 1.165) is 76.9 Å². The van der Waals surface area contributed by atoms with Gasteiger partial charge in [0.05, 0.1) is 18.6 Å². The van der Waals surface area contributed by atoms with Crippen molar-refractivity contribution >= 4 is 5.91 Å². The van der Waals surface area contributed by atoms with Crippen LogP contribution < -0.4 is 5.32 Å². The van der Waals surface area contributed by atoms with Crippen molar-refractivity contribution in [3.63, 3.8) is 0 Å². The van der Waals surface area contributed by atoms with E-state index in [4.69, 9.17) is 4.74 Å². The van der Waals surface area contributed by atoms with Crippen LogP contribution in [-0.4, -0.2) is 54.7 Å². The lowest BCUT2D eigenvalue weighted by molar-refractivity contribution is -0.127. The molecule has 1 aliphatic carbocycles. The summed E-state index contributed by atoms with van der Waals surface area (Å²) in [5, 5.41) is 3.36. The van der Waals surface area contributed by atoms with Gasteiger partial charge in [0.25, 0.3) is 0 Å². The highest BCUT2D eigenvalue weighted by molar-refractivity contribution is 5.88. The summed E-state index contributed by atoms with van der Waals surface area (Å²) in [6, 6.07) is 4.40. The third kappa shape index (κ3) is 4.52. The highest BCUT2D eigenvalue weighted by atomic mass is 16.5. The Hall–Kier alpha value is -1.46. The summed E-state index contributed by atoms with van der Waals surface area (Å²) in [6.45, 7) is 8.77.